The van der Waals surface area contributed by atoms with E-state index < -0.39 is 28.6 Å². The van der Waals surface area contributed by atoms with E-state index >= 15 is 0 Å². The molecule has 3 aromatic heterocycles. The lowest BCUT2D eigenvalue weighted by atomic mass is 10.2. The molecule has 2 N–H and O–H groups in total. The molecule has 0 radical (unpaired) electrons. The number of benzene rings is 1. The molecule has 30 heavy (non-hydrogen) atoms. The van der Waals surface area contributed by atoms with Gasteiger partial charge in [-0.05, 0) is 5.56 Å². The van der Waals surface area contributed by atoms with Gasteiger partial charge < -0.3 is 10.4 Å². The molecule has 3 heterocycles. The maximum atomic E-state index is 13.1. The summed E-state index contributed by atoms with van der Waals surface area (Å²) in [6.45, 7) is 1.29. The normalized spacial score (nSPS) is 11.3. The molecule has 0 atom stereocenters. The number of anilines is 1. The van der Waals surface area contributed by atoms with Gasteiger partial charge in [0.25, 0.3) is 11.1 Å². The predicted octanol–water partition coefficient (Wildman–Crippen LogP) is -0.241. The summed E-state index contributed by atoms with van der Waals surface area (Å²) in [5.74, 6) is -1.12. The van der Waals surface area contributed by atoms with Crippen LogP contribution in [0.5, 0.6) is 5.88 Å². The number of carbonyl (C=O) groups is 1. The number of carbonyl (C=O) groups excluding carboxylic acids is 1. The fraction of sp³-hybridized carbons (Fsp3) is 0.211. The first-order valence-corrected chi connectivity index (χ1v) is 8.97. The van der Waals surface area contributed by atoms with E-state index in [-0.39, 0.29) is 29.2 Å². The predicted molar refractivity (Wildman–Crippen MR) is 109 cm³/mol. The standard InChI is InChI=1S/C19H18N6O5/c1-10(26)20-12-15(27)24(9-11-7-5-4-6-8-11)18-21-14-13(25(18)16(12)28)17(29)23(3)19(30)22(14)2/h4-8,27H,9H2,1-3H3,(H,20,26). The monoisotopic (exact) mass is 410 g/mol. The molecule has 0 spiro atoms. The van der Waals surface area contributed by atoms with Crippen molar-refractivity contribution in [2.24, 2.45) is 14.1 Å². The number of hydrogen-bond acceptors (Lipinski definition) is 6. The van der Waals surface area contributed by atoms with Gasteiger partial charge in [0.2, 0.25) is 17.6 Å². The van der Waals surface area contributed by atoms with Gasteiger partial charge >= 0.3 is 5.69 Å². The number of aromatic nitrogens is 5. The molecule has 0 bridgehead atoms. The van der Waals surface area contributed by atoms with Crippen LogP contribution in [0.3, 0.4) is 0 Å². The molecule has 0 aliphatic heterocycles. The zero-order valence-corrected chi connectivity index (χ0v) is 16.4. The quantitative estimate of drug-likeness (QED) is 0.479. The molecule has 1 aromatic carbocycles. The van der Waals surface area contributed by atoms with Crippen molar-refractivity contribution in [3.05, 3.63) is 67.1 Å². The molecule has 0 aliphatic rings. The number of rotatable bonds is 3. The highest BCUT2D eigenvalue weighted by atomic mass is 16.3. The number of amides is 1. The minimum Gasteiger partial charge on any atom is -0.493 e. The molecular weight excluding hydrogens is 392 g/mol. The molecule has 11 nitrogen and oxygen atoms in total. The fourth-order valence-electron chi connectivity index (χ4n) is 3.39. The van der Waals surface area contributed by atoms with Crippen molar-refractivity contribution in [2.75, 3.05) is 5.32 Å². The van der Waals surface area contributed by atoms with Crippen LogP contribution in [-0.4, -0.2) is 34.1 Å². The highest BCUT2D eigenvalue weighted by Gasteiger charge is 2.24. The van der Waals surface area contributed by atoms with Gasteiger partial charge in [-0.1, -0.05) is 30.3 Å². The Morgan fingerprint density at radius 1 is 1.07 bits per heavy atom. The lowest BCUT2D eigenvalue weighted by molar-refractivity contribution is -0.114. The van der Waals surface area contributed by atoms with Crippen LogP contribution in [0.1, 0.15) is 12.5 Å². The van der Waals surface area contributed by atoms with Crippen molar-refractivity contribution in [1.29, 1.82) is 0 Å². The molecule has 11 heteroatoms. The molecule has 0 saturated carbocycles. The molecule has 4 aromatic rings. The third-order valence-electron chi connectivity index (χ3n) is 4.86. The average molecular weight is 410 g/mol. The Bertz CT molecular complexity index is 1510. The second-order valence-electron chi connectivity index (χ2n) is 6.88. The van der Waals surface area contributed by atoms with Crippen molar-refractivity contribution < 1.29 is 9.90 Å². The van der Waals surface area contributed by atoms with E-state index in [1.807, 2.05) is 30.3 Å². The summed E-state index contributed by atoms with van der Waals surface area (Å²) in [7, 11) is 2.72. The first-order chi connectivity index (χ1) is 14.2. The van der Waals surface area contributed by atoms with E-state index in [0.29, 0.717) is 0 Å². The number of aryl methyl sites for hydroxylation is 1. The molecule has 0 saturated heterocycles. The zero-order chi connectivity index (χ0) is 21.7. The lowest BCUT2D eigenvalue weighted by Crippen LogP contribution is -2.38. The van der Waals surface area contributed by atoms with Crippen LogP contribution in [0.15, 0.2) is 44.7 Å². The van der Waals surface area contributed by atoms with Crippen LogP contribution in [0.4, 0.5) is 5.69 Å². The van der Waals surface area contributed by atoms with E-state index in [0.717, 1.165) is 19.1 Å². The van der Waals surface area contributed by atoms with E-state index in [9.17, 15) is 24.3 Å². The van der Waals surface area contributed by atoms with Crippen LogP contribution in [0.2, 0.25) is 0 Å². The number of aromatic hydroxyl groups is 1. The van der Waals surface area contributed by atoms with Crippen LogP contribution >= 0.6 is 0 Å². The Morgan fingerprint density at radius 2 is 1.73 bits per heavy atom. The van der Waals surface area contributed by atoms with Gasteiger partial charge in [-0.3, -0.25) is 28.1 Å². The number of nitrogens with one attached hydrogen (secondary N) is 1. The van der Waals surface area contributed by atoms with E-state index in [2.05, 4.69) is 10.3 Å². The number of imidazole rings is 1. The van der Waals surface area contributed by atoms with Gasteiger partial charge in [0.05, 0.1) is 6.54 Å². The van der Waals surface area contributed by atoms with Crippen LogP contribution in [0, 0.1) is 0 Å². The van der Waals surface area contributed by atoms with E-state index in [1.54, 1.807) is 0 Å². The number of fused-ring (bicyclic) bond motifs is 3. The van der Waals surface area contributed by atoms with Gasteiger partial charge in [0.15, 0.2) is 16.9 Å². The maximum Gasteiger partial charge on any atom is 0.332 e. The third kappa shape index (κ3) is 2.70. The lowest BCUT2D eigenvalue weighted by Gasteiger charge is -2.14. The van der Waals surface area contributed by atoms with Gasteiger partial charge in [0.1, 0.15) is 0 Å². The van der Waals surface area contributed by atoms with Gasteiger partial charge in [-0.15, -0.1) is 0 Å². The summed E-state index contributed by atoms with van der Waals surface area (Å²) < 4.78 is 4.31. The van der Waals surface area contributed by atoms with E-state index in [4.69, 9.17) is 0 Å². The number of nitrogens with zero attached hydrogens (tertiary/aromatic N) is 5. The van der Waals surface area contributed by atoms with E-state index in [1.165, 1.54) is 25.6 Å². The Kier molecular flexibility index (Phi) is 4.30. The topological polar surface area (TPSA) is 133 Å². The molecule has 0 unspecified atom stereocenters. The summed E-state index contributed by atoms with van der Waals surface area (Å²) in [6.07, 6.45) is 0. The van der Waals surface area contributed by atoms with Crippen molar-refractivity contribution in [2.45, 2.75) is 13.5 Å². The third-order valence-corrected chi connectivity index (χ3v) is 4.86. The summed E-state index contributed by atoms with van der Waals surface area (Å²) in [5.41, 5.74) is -1.91. The summed E-state index contributed by atoms with van der Waals surface area (Å²) in [4.78, 5) is 54.2. The molecule has 0 fully saturated rings. The second-order valence-corrected chi connectivity index (χ2v) is 6.88. The summed E-state index contributed by atoms with van der Waals surface area (Å²) >= 11 is 0. The van der Waals surface area contributed by atoms with Crippen molar-refractivity contribution in [3.63, 3.8) is 0 Å². The molecule has 1 amide bonds. The van der Waals surface area contributed by atoms with Crippen molar-refractivity contribution in [1.82, 2.24) is 23.1 Å². The van der Waals surface area contributed by atoms with Crippen LogP contribution in [0.25, 0.3) is 16.9 Å². The first-order valence-electron chi connectivity index (χ1n) is 8.97. The fourth-order valence-corrected chi connectivity index (χ4v) is 3.39. The Hall–Kier alpha value is -4.15. The highest BCUT2D eigenvalue weighted by molar-refractivity contribution is 5.90. The molecule has 4 rings (SSSR count). The van der Waals surface area contributed by atoms with Gasteiger partial charge in [-0.25, -0.2) is 9.20 Å². The van der Waals surface area contributed by atoms with Crippen molar-refractivity contribution in [3.8, 4) is 5.88 Å². The largest absolute Gasteiger partial charge is 0.493 e. The summed E-state index contributed by atoms with van der Waals surface area (Å²) in [6, 6.07) is 9.06. The minimum absolute atomic E-state index is 0.0126. The van der Waals surface area contributed by atoms with Gasteiger partial charge in [-0.2, -0.15) is 4.98 Å². The smallest absolute Gasteiger partial charge is 0.332 e. The maximum absolute atomic E-state index is 13.1. The number of hydrogen-bond donors (Lipinski definition) is 2. The van der Waals surface area contributed by atoms with Gasteiger partial charge in [0, 0.05) is 21.0 Å². The van der Waals surface area contributed by atoms with Crippen molar-refractivity contribution >= 4 is 28.5 Å². The Balaban J connectivity index is 2.22. The molecule has 0 aliphatic carbocycles. The Labute approximate surface area is 168 Å². The summed E-state index contributed by atoms with van der Waals surface area (Å²) in [5, 5.41) is 13.1. The van der Waals surface area contributed by atoms with Crippen LogP contribution < -0.4 is 22.1 Å². The second kappa shape index (κ2) is 6.72. The SMILES string of the molecule is CC(=O)Nc1c(O)n(Cc2ccccc2)c2nc3c(c(=O)n(C)c(=O)n3C)n2c1=O. The zero-order valence-electron chi connectivity index (χ0n) is 16.4. The minimum atomic E-state index is -0.833. The molecular formula is C19H18N6O5. The average Bonchev–Trinajstić information content (AvgIpc) is 3.12. The first kappa shape index (κ1) is 19.2. The Morgan fingerprint density at radius 3 is 2.37 bits per heavy atom. The molecule has 154 valence electrons. The van der Waals surface area contributed by atoms with Crippen LogP contribution in [-0.2, 0) is 25.4 Å². The highest BCUT2D eigenvalue weighted by Crippen LogP contribution is 2.24.